The zero-order chi connectivity index (χ0) is 12.1. The van der Waals surface area contributed by atoms with Crippen molar-refractivity contribution in [1.29, 1.82) is 0 Å². The van der Waals surface area contributed by atoms with Crippen LogP contribution in [0.2, 0.25) is 0 Å². The first-order valence-electron chi connectivity index (χ1n) is 5.33. The second-order valence-electron chi connectivity index (χ2n) is 3.56. The van der Waals surface area contributed by atoms with Gasteiger partial charge < -0.3 is 10.5 Å². The van der Waals surface area contributed by atoms with E-state index in [1.807, 2.05) is 48.5 Å². The fraction of sp³-hybridized carbons (Fsp3) is 0.0714. The van der Waals surface area contributed by atoms with E-state index < -0.39 is 0 Å². The number of nitrogen functional groups attached to an aromatic ring is 1. The molecule has 0 radical (unpaired) electrons. The lowest BCUT2D eigenvalue weighted by molar-refractivity contribution is 0.417. The van der Waals surface area contributed by atoms with Crippen LogP contribution >= 0.6 is 0 Å². The lowest BCUT2D eigenvalue weighted by Gasteiger charge is -2.06. The van der Waals surface area contributed by atoms with Gasteiger partial charge in [-0.05, 0) is 18.2 Å². The highest BCUT2D eigenvalue weighted by Crippen LogP contribution is 2.23. The Bertz CT molecular complexity index is 521. The summed E-state index contributed by atoms with van der Waals surface area (Å²) in [7, 11) is 1.60. The van der Waals surface area contributed by atoms with E-state index in [9.17, 15) is 0 Å². The summed E-state index contributed by atoms with van der Waals surface area (Å²) < 4.78 is 5.15. The second-order valence-corrected chi connectivity index (χ2v) is 3.56. The minimum absolute atomic E-state index is 0.606. The molecule has 0 amide bonds. The molecule has 0 heterocycles. The normalized spacial score (nSPS) is 10.6. The molecule has 0 saturated heterocycles. The molecule has 2 aromatic rings. The van der Waals surface area contributed by atoms with E-state index in [0.717, 1.165) is 11.3 Å². The average molecular weight is 226 g/mol. The van der Waals surface area contributed by atoms with Crippen LogP contribution in [-0.2, 0) is 0 Å². The molecule has 17 heavy (non-hydrogen) atoms. The Kier molecular flexibility index (Phi) is 3.40. The smallest absolute Gasteiger partial charge is 0.142 e. The monoisotopic (exact) mass is 226 g/mol. The number of methoxy groups -OCH3 is 1. The lowest BCUT2D eigenvalue weighted by Crippen LogP contribution is -1.96. The van der Waals surface area contributed by atoms with Crippen LogP contribution in [0.25, 0.3) is 0 Å². The molecule has 3 nitrogen and oxygen atoms in total. The first-order chi connectivity index (χ1) is 8.31. The van der Waals surface area contributed by atoms with Gasteiger partial charge in [0.05, 0.1) is 18.5 Å². The van der Waals surface area contributed by atoms with E-state index in [1.165, 1.54) is 0 Å². The van der Waals surface area contributed by atoms with E-state index >= 15 is 0 Å². The van der Waals surface area contributed by atoms with Crippen LogP contribution in [0.15, 0.2) is 53.5 Å². The predicted molar refractivity (Wildman–Crippen MR) is 71.1 cm³/mol. The molecule has 2 N–H and O–H groups in total. The van der Waals surface area contributed by atoms with Crippen LogP contribution < -0.4 is 10.5 Å². The summed E-state index contributed by atoms with van der Waals surface area (Å²) in [4.78, 5) is 4.35. The van der Waals surface area contributed by atoms with Gasteiger partial charge in [-0.1, -0.05) is 30.3 Å². The van der Waals surface area contributed by atoms with Crippen LogP contribution in [0, 0.1) is 0 Å². The molecule has 0 aliphatic rings. The van der Waals surface area contributed by atoms with Gasteiger partial charge in [0, 0.05) is 11.8 Å². The Morgan fingerprint density at radius 2 is 1.82 bits per heavy atom. The summed E-state index contributed by atoms with van der Waals surface area (Å²) >= 11 is 0. The Labute approximate surface area is 101 Å². The fourth-order valence-corrected chi connectivity index (χ4v) is 1.51. The molecule has 0 spiro atoms. The summed E-state index contributed by atoms with van der Waals surface area (Å²) in [5.41, 5.74) is 8.30. The van der Waals surface area contributed by atoms with E-state index in [2.05, 4.69) is 4.99 Å². The first-order valence-corrected chi connectivity index (χ1v) is 5.33. The van der Waals surface area contributed by atoms with Crippen LogP contribution in [0.3, 0.4) is 0 Å². The number of anilines is 1. The molecule has 86 valence electrons. The van der Waals surface area contributed by atoms with Gasteiger partial charge in [-0.2, -0.15) is 0 Å². The first kappa shape index (κ1) is 11.2. The average Bonchev–Trinajstić information content (AvgIpc) is 2.39. The highest BCUT2D eigenvalue weighted by Gasteiger charge is 2.02. The van der Waals surface area contributed by atoms with Crippen molar-refractivity contribution in [3.8, 4) is 5.75 Å². The molecule has 3 heteroatoms. The van der Waals surface area contributed by atoms with Crippen molar-refractivity contribution in [2.75, 3.05) is 12.8 Å². The number of hydrogen-bond acceptors (Lipinski definition) is 3. The highest BCUT2D eigenvalue weighted by molar-refractivity contribution is 5.90. The lowest BCUT2D eigenvalue weighted by atomic mass is 10.2. The van der Waals surface area contributed by atoms with Crippen molar-refractivity contribution in [3.63, 3.8) is 0 Å². The van der Waals surface area contributed by atoms with Crippen LogP contribution in [0.1, 0.15) is 5.56 Å². The molecule has 0 bridgehead atoms. The Morgan fingerprint density at radius 1 is 1.06 bits per heavy atom. The number of benzene rings is 2. The zero-order valence-corrected chi connectivity index (χ0v) is 9.63. The van der Waals surface area contributed by atoms with Gasteiger partial charge in [0.1, 0.15) is 5.75 Å². The van der Waals surface area contributed by atoms with Gasteiger partial charge in [-0.3, -0.25) is 4.99 Å². The summed E-state index contributed by atoms with van der Waals surface area (Å²) in [6.07, 6.45) is 1.74. The molecular weight excluding hydrogens is 212 g/mol. The molecule has 0 aromatic heterocycles. The molecule has 0 fully saturated rings. The standard InChI is InChI=1S/C14H14N2O/c1-17-13-9-5-6-11(14(13)15)10-16-12-7-3-2-4-8-12/h2-10H,15H2,1H3. The van der Waals surface area contributed by atoms with Crippen molar-refractivity contribution in [1.82, 2.24) is 0 Å². The Balaban J connectivity index is 2.28. The third-order valence-electron chi connectivity index (χ3n) is 2.43. The second kappa shape index (κ2) is 5.16. The minimum Gasteiger partial charge on any atom is -0.495 e. The van der Waals surface area contributed by atoms with E-state index in [0.29, 0.717) is 11.4 Å². The van der Waals surface area contributed by atoms with Crippen LogP contribution in [0.5, 0.6) is 5.75 Å². The van der Waals surface area contributed by atoms with Crippen molar-refractivity contribution in [2.24, 2.45) is 4.99 Å². The summed E-state index contributed by atoms with van der Waals surface area (Å²) in [6, 6.07) is 15.4. The van der Waals surface area contributed by atoms with E-state index in [-0.39, 0.29) is 0 Å². The number of hydrogen-bond donors (Lipinski definition) is 1. The minimum atomic E-state index is 0.606. The van der Waals surface area contributed by atoms with Crippen molar-refractivity contribution in [3.05, 3.63) is 54.1 Å². The molecule has 0 unspecified atom stereocenters. The topological polar surface area (TPSA) is 47.6 Å². The van der Waals surface area contributed by atoms with Crippen LogP contribution in [-0.4, -0.2) is 13.3 Å². The molecule has 0 saturated carbocycles. The Hall–Kier alpha value is -2.29. The van der Waals surface area contributed by atoms with Crippen molar-refractivity contribution in [2.45, 2.75) is 0 Å². The maximum absolute atomic E-state index is 5.94. The quantitative estimate of drug-likeness (QED) is 0.646. The predicted octanol–water partition coefficient (Wildman–Crippen LogP) is 3.03. The van der Waals surface area contributed by atoms with Gasteiger partial charge in [-0.25, -0.2) is 0 Å². The maximum atomic E-state index is 5.94. The van der Waals surface area contributed by atoms with E-state index in [4.69, 9.17) is 10.5 Å². The third-order valence-corrected chi connectivity index (χ3v) is 2.43. The highest BCUT2D eigenvalue weighted by atomic mass is 16.5. The third kappa shape index (κ3) is 2.64. The number of nitrogens with two attached hydrogens (primary N) is 1. The molecule has 0 atom stereocenters. The van der Waals surface area contributed by atoms with Gasteiger partial charge in [0.2, 0.25) is 0 Å². The van der Waals surface area contributed by atoms with Crippen molar-refractivity contribution < 1.29 is 4.74 Å². The molecule has 2 aromatic carbocycles. The largest absolute Gasteiger partial charge is 0.495 e. The van der Waals surface area contributed by atoms with Gasteiger partial charge in [0.25, 0.3) is 0 Å². The fourth-order valence-electron chi connectivity index (χ4n) is 1.51. The number of aliphatic imine (C=N–C) groups is 1. The van der Waals surface area contributed by atoms with Crippen molar-refractivity contribution >= 4 is 17.6 Å². The molecule has 0 aliphatic carbocycles. The summed E-state index contributed by atoms with van der Waals surface area (Å²) in [5, 5.41) is 0. The van der Waals surface area contributed by atoms with Gasteiger partial charge in [-0.15, -0.1) is 0 Å². The molecule has 0 aliphatic heterocycles. The Morgan fingerprint density at radius 3 is 2.53 bits per heavy atom. The number of nitrogens with zero attached hydrogens (tertiary/aromatic N) is 1. The maximum Gasteiger partial charge on any atom is 0.142 e. The SMILES string of the molecule is COc1cccc(C=Nc2ccccc2)c1N. The van der Waals surface area contributed by atoms with Gasteiger partial charge >= 0.3 is 0 Å². The molecule has 2 rings (SSSR count). The number of rotatable bonds is 3. The van der Waals surface area contributed by atoms with E-state index in [1.54, 1.807) is 13.3 Å². The number of para-hydroxylation sites is 2. The van der Waals surface area contributed by atoms with Crippen LogP contribution in [0.4, 0.5) is 11.4 Å². The summed E-state index contributed by atoms with van der Waals surface area (Å²) in [5.74, 6) is 0.669. The number of ether oxygens (including phenoxy) is 1. The zero-order valence-electron chi connectivity index (χ0n) is 9.63. The van der Waals surface area contributed by atoms with Gasteiger partial charge in [0.15, 0.2) is 0 Å². The summed E-state index contributed by atoms with van der Waals surface area (Å²) in [6.45, 7) is 0. The molecular formula is C14H14N2O.